The number of alkyl halides is 4. The Morgan fingerprint density at radius 2 is 2.17 bits per heavy atom. The van der Waals surface area contributed by atoms with Gasteiger partial charge in [0.05, 0.1) is 6.61 Å². The van der Waals surface area contributed by atoms with Gasteiger partial charge in [-0.05, 0) is 24.6 Å². The van der Waals surface area contributed by atoms with Crippen LogP contribution in [0.15, 0.2) is 24.3 Å². The Kier molecular flexibility index (Phi) is 5.46. The molecule has 4 nitrogen and oxygen atoms in total. The fourth-order valence-electron chi connectivity index (χ4n) is 2.19. The first-order chi connectivity index (χ1) is 10.8. The summed E-state index contributed by atoms with van der Waals surface area (Å²) in [5.74, 6) is -4.52. The first-order valence-corrected chi connectivity index (χ1v) is 7.07. The molecule has 2 atom stereocenters. The van der Waals surface area contributed by atoms with Crippen LogP contribution in [0.4, 0.5) is 23.2 Å². The predicted molar refractivity (Wildman–Crippen MR) is 74.6 cm³/mol. The molecule has 0 saturated carbocycles. The topological polar surface area (TPSA) is 47.6 Å². The summed E-state index contributed by atoms with van der Waals surface area (Å²) >= 11 is 0. The molecule has 1 aliphatic heterocycles. The highest BCUT2D eigenvalue weighted by Crippen LogP contribution is 2.24. The third kappa shape index (κ3) is 4.82. The van der Waals surface area contributed by atoms with E-state index in [2.05, 4.69) is 10.1 Å². The molecule has 0 aromatic heterocycles. The summed E-state index contributed by atoms with van der Waals surface area (Å²) in [6, 6.07) is 6.10. The summed E-state index contributed by atoms with van der Waals surface area (Å²) in [6.45, 7) is 0.200. The van der Waals surface area contributed by atoms with Gasteiger partial charge >= 0.3 is 18.3 Å². The fraction of sp³-hybridized carbons (Fsp3) is 0.533. The Balaban J connectivity index is 1.89. The standard InChI is InChI=1S/C15H17F4NO3/c1-9-5-12(13(21)23-9)20-11-4-2-3-10(6-11)7-22-8-15(18,19)14(16)17/h2-4,6,9,12,14,20H,5,7-8H2,1H3. The molecule has 1 aliphatic rings. The number of carbonyl (C=O) groups excluding carboxylic acids is 1. The van der Waals surface area contributed by atoms with Crippen molar-refractivity contribution in [3.05, 3.63) is 29.8 Å². The summed E-state index contributed by atoms with van der Waals surface area (Å²) in [5, 5.41) is 2.99. The number of esters is 1. The first kappa shape index (κ1) is 17.5. The monoisotopic (exact) mass is 335 g/mol. The Bertz CT molecular complexity index is 553. The zero-order valence-electron chi connectivity index (χ0n) is 12.4. The van der Waals surface area contributed by atoms with Gasteiger partial charge in [-0.15, -0.1) is 0 Å². The molecule has 2 unspecified atom stereocenters. The maximum atomic E-state index is 12.7. The molecule has 23 heavy (non-hydrogen) atoms. The van der Waals surface area contributed by atoms with E-state index in [1.165, 1.54) is 0 Å². The third-order valence-electron chi connectivity index (χ3n) is 3.32. The van der Waals surface area contributed by atoms with E-state index in [0.29, 0.717) is 17.7 Å². The van der Waals surface area contributed by atoms with Gasteiger partial charge in [0.15, 0.2) is 0 Å². The van der Waals surface area contributed by atoms with Crippen molar-refractivity contribution in [2.75, 3.05) is 11.9 Å². The van der Waals surface area contributed by atoms with Crippen LogP contribution in [0.25, 0.3) is 0 Å². The maximum Gasteiger partial charge on any atom is 0.330 e. The summed E-state index contributed by atoms with van der Waals surface area (Å²) in [5.41, 5.74) is 1.13. The number of carbonyl (C=O) groups is 1. The van der Waals surface area contributed by atoms with E-state index in [-0.39, 0.29) is 18.7 Å². The van der Waals surface area contributed by atoms with Crippen molar-refractivity contribution in [1.29, 1.82) is 0 Å². The molecule has 1 aromatic rings. The minimum atomic E-state index is -4.17. The zero-order chi connectivity index (χ0) is 17.0. The lowest BCUT2D eigenvalue weighted by Crippen LogP contribution is -2.32. The number of benzene rings is 1. The van der Waals surface area contributed by atoms with Crippen molar-refractivity contribution in [1.82, 2.24) is 0 Å². The minimum Gasteiger partial charge on any atom is -0.461 e. The van der Waals surface area contributed by atoms with E-state index >= 15 is 0 Å². The number of hydrogen-bond donors (Lipinski definition) is 1. The number of ether oxygens (including phenoxy) is 2. The maximum absolute atomic E-state index is 12.7. The van der Waals surface area contributed by atoms with Crippen LogP contribution in [0.5, 0.6) is 0 Å². The summed E-state index contributed by atoms with van der Waals surface area (Å²) in [7, 11) is 0. The molecule has 0 radical (unpaired) electrons. The second-order valence-electron chi connectivity index (χ2n) is 5.44. The van der Waals surface area contributed by atoms with Crippen molar-refractivity contribution in [3.63, 3.8) is 0 Å². The van der Waals surface area contributed by atoms with E-state index in [1.807, 2.05) is 0 Å². The number of anilines is 1. The third-order valence-corrected chi connectivity index (χ3v) is 3.32. The number of rotatable bonds is 7. The molecule has 128 valence electrons. The lowest BCUT2D eigenvalue weighted by molar-refractivity contribution is -0.168. The number of hydrogen-bond acceptors (Lipinski definition) is 4. The summed E-state index contributed by atoms with van der Waals surface area (Å²) in [6.07, 6.45) is -3.39. The van der Waals surface area contributed by atoms with Crippen LogP contribution in [0, 0.1) is 0 Å². The van der Waals surface area contributed by atoms with Crippen LogP contribution in [0.1, 0.15) is 18.9 Å². The van der Waals surface area contributed by atoms with Gasteiger partial charge < -0.3 is 14.8 Å². The molecule has 1 fully saturated rings. The van der Waals surface area contributed by atoms with Crippen molar-refractivity contribution >= 4 is 11.7 Å². The van der Waals surface area contributed by atoms with Crippen molar-refractivity contribution in [3.8, 4) is 0 Å². The quantitative estimate of drug-likeness (QED) is 0.614. The minimum absolute atomic E-state index is 0.164. The molecule has 0 aliphatic carbocycles. The highest BCUT2D eigenvalue weighted by Gasteiger charge is 2.40. The average Bonchev–Trinajstić information content (AvgIpc) is 2.77. The average molecular weight is 335 g/mol. The number of cyclic esters (lactones) is 1. The Hall–Kier alpha value is -1.83. The normalized spacial score (nSPS) is 21.6. The summed E-state index contributed by atoms with van der Waals surface area (Å²) < 4.78 is 59.2. The highest BCUT2D eigenvalue weighted by molar-refractivity contribution is 5.81. The van der Waals surface area contributed by atoms with Crippen LogP contribution in [-0.4, -0.2) is 37.1 Å². The molecular formula is C15H17F4NO3. The van der Waals surface area contributed by atoms with Crippen molar-refractivity contribution < 1.29 is 31.8 Å². The first-order valence-electron chi connectivity index (χ1n) is 7.07. The van der Waals surface area contributed by atoms with Gasteiger partial charge in [-0.2, -0.15) is 8.78 Å². The van der Waals surface area contributed by atoms with Crippen molar-refractivity contribution in [2.24, 2.45) is 0 Å². The summed E-state index contributed by atoms with van der Waals surface area (Å²) in [4.78, 5) is 11.6. The Morgan fingerprint density at radius 1 is 1.43 bits per heavy atom. The van der Waals surface area contributed by atoms with E-state index in [4.69, 9.17) is 4.74 Å². The van der Waals surface area contributed by atoms with E-state index in [9.17, 15) is 22.4 Å². The smallest absolute Gasteiger partial charge is 0.330 e. The van der Waals surface area contributed by atoms with Crippen LogP contribution >= 0.6 is 0 Å². The van der Waals surface area contributed by atoms with Gasteiger partial charge in [0.1, 0.15) is 18.8 Å². The molecular weight excluding hydrogens is 318 g/mol. The highest BCUT2D eigenvalue weighted by atomic mass is 19.3. The molecule has 2 rings (SSSR count). The lowest BCUT2D eigenvalue weighted by Gasteiger charge is -2.16. The second-order valence-corrected chi connectivity index (χ2v) is 5.44. The van der Waals surface area contributed by atoms with Crippen LogP contribution in [-0.2, 0) is 20.9 Å². The van der Waals surface area contributed by atoms with Gasteiger partial charge in [-0.25, -0.2) is 13.6 Å². The molecule has 1 aromatic carbocycles. The van der Waals surface area contributed by atoms with Gasteiger partial charge in [0, 0.05) is 12.1 Å². The SMILES string of the molecule is CC1CC(Nc2cccc(COCC(F)(F)C(F)F)c2)C(=O)O1. The molecule has 1 N–H and O–H groups in total. The van der Waals surface area contributed by atoms with E-state index < -0.39 is 25.0 Å². The molecule has 1 heterocycles. The van der Waals surface area contributed by atoms with Gasteiger partial charge in [-0.3, -0.25) is 0 Å². The Labute approximate surface area is 130 Å². The second kappa shape index (κ2) is 7.16. The lowest BCUT2D eigenvalue weighted by atomic mass is 10.1. The van der Waals surface area contributed by atoms with Gasteiger partial charge in [0.25, 0.3) is 0 Å². The number of halogens is 4. The number of nitrogens with one attached hydrogen (secondary N) is 1. The largest absolute Gasteiger partial charge is 0.461 e. The molecule has 1 saturated heterocycles. The van der Waals surface area contributed by atoms with Gasteiger partial charge in [0.2, 0.25) is 0 Å². The molecule has 8 heteroatoms. The van der Waals surface area contributed by atoms with Gasteiger partial charge in [-0.1, -0.05) is 12.1 Å². The van der Waals surface area contributed by atoms with Crippen LogP contribution in [0.3, 0.4) is 0 Å². The van der Waals surface area contributed by atoms with E-state index in [1.54, 1.807) is 31.2 Å². The molecule has 0 amide bonds. The van der Waals surface area contributed by atoms with E-state index in [0.717, 1.165) is 0 Å². The molecule has 0 bridgehead atoms. The Morgan fingerprint density at radius 3 is 2.78 bits per heavy atom. The van der Waals surface area contributed by atoms with Crippen LogP contribution < -0.4 is 5.32 Å². The predicted octanol–water partition coefficient (Wildman–Crippen LogP) is 3.22. The van der Waals surface area contributed by atoms with Crippen molar-refractivity contribution in [2.45, 2.75) is 44.4 Å². The fourth-order valence-corrected chi connectivity index (χ4v) is 2.19. The van der Waals surface area contributed by atoms with Crippen LogP contribution in [0.2, 0.25) is 0 Å². The molecule has 0 spiro atoms. The zero-order valence-corrected chi connectivity index (χ0v) is 12.4.